The lowest BCUT2D eigenvalue weighted by atomic mass is 10.1. The first-order valence-corrected chi connectivity index (χ1v) is 9.27. The SMILES string of the molecule is COC(=O)c1ccccc1N1CCN(C(=O)Nc2cc(OC)ccc2OC)CC1. The molecule has 1 fully saturated rings. The van der Waals surface area contributed by atoms with E-state index < -0.39 is 0 Å². The topological polar surface area (TPSA) is 80.3 Å². The summed E-state index contributed by atoms with van der Waals surface area (Å²) in [5.41, 5.74) is 1.89. The number of ether oxygens (including phenoxy) is 3. The largest absolute Gasteiger partial charge is 0.497 e. The summed E-state index contributed by atoms with van der Waals surface area (Å²) in [7, 11) is 4.49. The number of carbonyl (C=O) groups is 2. The number of benzene rings is 2. The molecule has 8 heteroatoms. The van der Waals surface area contributed by atoms with Gasteiger partial charge in [-0.05, 0) is 24.3 Å². The van der Waals surface area contributed by atoms with Crippen molar-refractivity contribution in [1.29, 1.82) is 0 Å². The monoisotopic (exact) mass is 399 g/mol. The Labute approximate surface area is 170 Å². The molecular weight excluding hydrogens is 374 g/mol. The van der Waals surface area contributed by atoms with E-state index in [0.29, 0.717) is 48.9 Å². The van der Waals surface area contributed by atoms with Gasteiger partial charge in [-0.25, -0.2) is 9.59 Å². The molecule has 2 amide bonds. The number of carbonyl (C=O) groups excluding carboxylic acids is 2. The highest BCUT2D eigenvalue weighted by atomic mass is 16.5. The van der Waals surface area contributed by atoms with E-state index >= 15 is 0 Å². The van der Waals surface area contributed by atoms with Crippen molar-refractivity contribution in [3.63, 3.8) is 0 Å². The van der Waals surface area contributed by atoms with Crippen LogP contribution in [0.3, 0.4) is 0 Å². The van der Waals surface area contributed by atoms with Gasteiger partial charge in [-0.15, -0.1) is 0 Å². The van der Waals surface area contributed by atoms with Gasteiger partial charge in [0.05, 0.1) is 38.3 Å². The molecule has 1 heterocycles. The van der Waals surface area contributed by atoms with E-state index in [9.17, 15) is 9.59 Å². The lowest BCUT2D eigenvalue weighted by Gasteiger charge is -2.36. The van der Waals surface area contributed by atoms with Crippen LogP contribution in [0.2, 0.25) is 0 Å². The lowest BCUT2D eigenvalue weighted by molar-refractivity contribution is 0.0601. The number of nitrogens with zero attached hydrogens (tertiary/aromatic N) is 2. The highest BCUT2D eigenvalue weighted by Crippen LogP contribution is 2.29. The van der Waals surface area contributed by atoms with Crippen LogP contribution < -0.4 is 19.7 Å². The lowest BCUT2D eigenvalue weighted by Crippen LogP contribution is -2.50. The fourth-order valence-corrected chi connectivity index (χ4v) is 3.29. The number of hydrogen-bond donors (Lipinski definition) is 1. The van der Waals surface area contributed by atoms with Gasteiger partial charge in [0.1, 0.15) is 11.5 Å². The molecule has 0 atom stereocenters. The highest BCUT2D eigenvalue weighted by molar-refractivity contribution is 5.96. The molecule has 1 aliphatic rings. The Kier molecular flexibility index (Phi) is 6.43. The molecular formula is C21H25N3O5. The summed E-state index contributed by atoms with van der Waals surface area (Å²) < 4.78 is 15.4. The normalized spacial score (nSPS) is 13.6. The smallest absolute Gasteiger partial charge is 0.339 e. The van der Waals surface area contributed by atoms with Crippen LogP contribution in [0, 0.1) is 0 Å². The molecule has 2 aromatic rings. The van der Waals surface area contributed by atoms with Gasteiger partial charge in [0.2, 0.25) is 0 Å². The molecule has 2 aromatic carbocycles. The predicted molar refractivity (Wildman–Crippen MR) is 110 cm³/mol. The third-order valence-electron chi connectivity index (χ3n) is 4.87. The molecule has 3 rings (SSSR count). The standard InChI is InChI=1S/C21H25N3O5/c1-27-15-8-9-19(28-2)17(14-15)22-21(26)24-12-10-23(11-13-24)18-7-5-4-6-16(18)20(25)29-3/h4-9,14H,10-13H2,1-3H3,(H,22,26). The first kappa shape index (κ1) is 20.3. The van der Waals surface area contributed by atoms with Gasteiger partial charge in [-0.3, -0.25) is 0 Å². The zero-order valence-corrected chi connectivity index (χ0v) is 16.8. The average molecular weight is 399 g/mol. The maximum atomic E-state index is 12.7. The minimum absolute atomic E-state index is 0.211. The van der Waals surface area contributed by atoms with E-state index in [0.717, 1.165) is 5.69 Å². The van der Waals surface area contributed by atoms with Gasteiger partial charge < -0.3 is 29.3 Å². The number of anilines is 2. The van der Waals surface area contributed by atoms with Crippen molar-refractivity contribution in [3.8, 4) is 11.5 Å². The van der Waals surface area contributed by atoms with Crippen LogP contribution in [0.4, 0.5) is 16.2 Å². The van der Waals surface area contributed by atoms with Crippen LogP contribution in [0.1, 0.15) is 10.4 Å². The van der Waals surface area contributed by atoms with Crippen molar-refractivity contribution in [1.82, 2.24) is 4.90 Å². The second kappa shape index (κ2) is 9.18. The third-order valence-corrected chi connectivity index (χ3v) is 4.87. The van der Waals surface area contributed by atoms with Crippen LogP contribution in [0.5, 0.6) is 11.5 Å². The summed E-state index contributed by atoms with van der Waals surface area (Å²) in [6.07, 6.45) is 0. The number of esters is 1. The molecule has 154 valence electrons. The molecule has 0 aromatic heterocycles. The number of amides is 2. The number of nitrogens with one attached hydrogen (secondary N) is 1. The van der Waals surface area contributed by atoms with Gasteiger partial charge in [-0.1, -0.05) is 12.1 Å². The van der Waals surface area contributed by atoms with Crippen LogP contribution >= 0.6 is 0 Å². The maximum absolute atomic E-state index is 12.7. The molecule has 1 aliphatic heterocycles. The van der Waals surface area contributed by atoms with Gasteiger partial charge in [-0.2, -0.15) is 0 Å². The van der Waals surface area contributed by atoms with Gasteiger partial charge >= 0.3 is 12.0 Å². The number of rotatable bonds is 5. The van der Waals surface area contributed by atoms with Crippen LogP contribution in [-0.4, -0.2) is 64.4 Å². The Hall–Kier alpha value is -3.42. The van der Waals surface area contributed by atoms with Crippen LogP contribution in [0.25, 0.3) is 0 Å². The zero-order valence-electron chi connectivity index (χ0n) is 16.8. The molecule has 8 nitrogen and oxygen atoms in total. The first-order valence-electron chi connectivity index (χ1n) is 9.27. The number of urea groups is 1. The van der Waals surface area contributed by atoms with E-state index in [1.54, 1.807) is 49.5 Å². The number of methoxy groups -OCH3 is 3. The third kappa shape index (κ3) is 4.53. The van der Waals surface area contributed by atoms with Gasteiger partial charge in [0.15, 0.2) is 0 Å². The van der Waals surface area contributed by atoms with Crippen molar-refractivity contribution in [2.75, 3.05) is 57.7 Å². The summed E-state index contributed by atoms with van der Waals surface area (Å²) >= 11 is 0. The van der Waals surface area contributed by atoms with Crippen molar-refractivity contribution in [3.05, 3.63) is 48.0 Å². The van der Waals surface area contributed by atoms with E-state index in [4.69, 9.17) is 14.2 Å². The molecule has 1 N–H and O–H groups in total. The Morgan fingerprint density at radius 3 is 2.31 bits per heavy atom. The van der Waals surface area contributed by atoms with Crippen molar-refractivity contribution in [2.45, 2.75) is 0 Å². The Balaban J connectivity index is 1.66. The van der Waals surface area contributed by atoms with Gasteiger partial charge in [0, 0.05) is 32.2 Å². The van der Waals surface area contributed by atoms with Gasteiger partial charge in [0.25, 0.3) is 0 Å². The maximum Gasteiger partial charge on any atom is 0.339 e. The van der Waals surface area contributed by atoms with Crippen molar-refractivity contribution in [2.24, 2.45) is 0 Å². The van der Waals surface area contributed by atoms with E-state index in [2.05, 4.69) is 10.2 Å². The van der Waals surface area contributed by atoms with E-state index in [1.165, 1.54) is 7.11 Å². The summed E-state index contributed by atoms with van der Waals surface area (Å²) in [5.74, 6) is 0.820. The molecule has 0 unspecified atom stereocenters. The Bertz CT molecular complexity index is 878. The molecule has 0 aliphatic carbocycles. The number of hydrogen-bond acceptors (Lipinski definition) is 6. The van der Waals surface area contributed by atoms with Crippen molar-refractivity contribution >= 4 is 23.4 Å². The minimum atomic E-state index is -0.370. The molecule has 0 bridgehead atoms. The van der Waals surface area contributed by atoms with E-state index in [-0.39, 0.29) is 12.0 Å². The molecule has 29 heavy (non-hydrogen) atoms. The minimum Gasteiger partial charge on any atom is -0.497 e. The second-order valence-electron chi connectivity index (χ2n) is 6.48. The quantitative estimate of drug-likeness (QED) is 0.779. The Morgan fingerprint density at radius 2 is 1.66 bits per heavy atom. The van der Waals surface area contributed by atoms with Crippen LogP contribution in [0.15, 0.2) is 42.5 Å². The fraction of sp³-hybridized carbons (Fsp3) is 0.333. The van der Waals surface area contributed by atoms with E-state index in [1.807, 2.05) is 12.1 Å². The van der Waals surface area contributed by atoms with Crippen LogP contribution in [-0.2, 0) is 4.74 Å². The highest BCUT2D eigenvalue weighted by Gasteiger charge is 2.24. The predicted octanol–water partition coefficient (Wildman–Crippen LogP) is 2.84. The average Bonchev–Trinajstić information content (AvgIpc) is 2.78. The summed E-state index contributed by atoms with van der Waals surface area (Å²) in [6.45, 7) is 2.26. The number of para-hydroxylation sites is 1. The molecule has 1 saturated heterocycles. The molecule has 0 saturated carbocycles. The second-order valence-corrected chi connectivity index (χ2v) is 6.48. The van der Waals surface area contributed by atoms with Crippen molar-refractivity contribution < 1.29 is 23.8 Å². The number of piperazine rings is 1. The molecule has 0 radical (unpaired) electrons. The summed E-state index contributed by atoms with van der Waals surface area (Å²) in [5, 5.41) is 2.89. The Morgan fingerprint density at radius 1 is 0.931 bits per heavy atom. The summed E-state index contributed by atoms with van der Waals surface area (Å²) in [4.78, 5) is 28.6. The fourth-order valence-electron chi connectivity index (χ4n) is 3.29. The first-order chi connectivity index (χ1) is 14.1. The zero-order chi connectivity index (χ0) is 20.8. The molecule has 0 spiro atoms. The summed E-state index contributed by atoms with van der Waals surface area (Å²) in [6, 6.07) is 12.4.